The SMILES string of the molecule is CN[C@H]1CCCN(C(=O)c2ccc(OC)c(N3CCNC3=O)c2)C1. The Kier molecular flexibility index (Phi) is 4.89. The number of carbonyl (C=O) groups is 2. The summed E-state index contributed by atoms with van der Waals surface area (Å²) in [7, 11) is 3.49. The Morgan fingerprint density at radius 1 is 1.38 bits per heavy atom. The minimum absolute atomic E-state index is 0.00143. The van der Waals surface area contributed by atoms with E-state index in [2.05, 4.69) is 10.6 Å². The number of rotatable bonds is 4. The molecule has 0 saturated carbocycles. The molecule has 2 saturated heterocycles. The largest absolute Gasteiger partial charge is 0.495 e. The van der Waals surface area contributed by atoms with Crippen LogP contribution in [0.4, 0.5) is 10.5 Å². The average molecular weight is 332 g/mol. The zero-order valence-corrected chi connectivity index (χ0v) is 14.2. The Labute approximate surface area is 141 Å². The fourth-order valence-corrected chi connectivity index (χ4v) is 3.32. The topological polar surface area (TPSA) is 73.9 Å². The molecule has 1 aromatic rings. The molecule has 0 bridgehead atoms. The van der Waals surface area contributed by atoms with Gasteiger partial charge in [0.2, 0.25) is 0 Å². The van der Waals surface area contributed by atoms with Gasteiger partial charge in [0.05, 0.1) is 12.8 Å². The van der Waals surface area contributed by atoms with E-state index in [0.29, 0.717) is 42.7 Å². The van der Waals surface area contributed by atoms with Crippen LogP contribution in [0, 0.1) is 0 Å². The predicted octanol–water partition coefficient (Wildman–Crippen LogP) is 1.05. The molecule has 2 aliphatic rings. The van der Waals surface area contributed by atoms with Crippen LogP contribution in [0.5, 0.6) is 5.75 Å². The quantitative estimate of drug-likeness (QED) is 0.864. The second-order valence-corrected chi connectivity index (χ2v) is 6.15. The van der Waals surface area contributed by atoms with E-state index in [0.717, 1.165) is 19.4 Å². The maximum absolute atomic E-state index is 12.8. The molecule has 0 radical (unpaired) electrons. The second-order valence-electron chi connectivity index (χ2n) is 6.15. The van der Waals surface area contributed by atoms with Gasteiger partial charge in [-0.15, -0.1) is 0 Å². The Hall–Kier alpha value is -2.28. The minimum atomic E-state index is -0.161. The van der Waals surface area contributed by atoms with Gasteiger partial charge in [0, 0.05) is 37.8 Å². The first-order valence-electron chi connectivity index (χ1n) is 8.34. The van der Waals surface area contributed by atoms with E-state index in [4.69, 9.17) is 4.74 Å². The molecule has 2 fully saturated rings. The van der Waals surface area contributed by atoms with Crippen molar-refractivity contribution in [3.63, 3.8) is 0 Å². The first-order chi connectivity index (χ1) is 11.6. The number of urea groups is 1. The maximum Gasteiger partial charge on any atom is 0.322 e. The molecule has 7 heteroatoms. The van der Waals surface area contributed by atoms with Crippen LogP contribution in [-0.4, -0.2) is 63.2 Å². The summed E-state index contributed by atoms with van der Waals surface area (Å²) in [5.41, 5.74) is 1.22. The van der Waals surface area contributed by atoms with Gasteiger partial charge in [0.25, 0.3) is 5.91 Å². The molecular weight excluding hydrogens is 308 g/mol. The Morgan fingerprint density at radius 2 is 2.21 bits per heavy atom. The molecule has 3 rings (SSSR count). The van der Waals surface area contributed by atoms with Gasteiger partial charge >= 0.3 is 6.03 Å². The molecule has 2 heterocycles. The lowest BCUT2D eigenvalue weighted by atomic mass is 10.0. The third-order valence-corrected chi connectivity index (χ3v) is 4.69. The number of methoxy groups -OCH3 is 1. The molecule has 7 nitrogen and oxygen atoms in total. The van der Waals surface area contributed by atoms with Crippen LogP contribution < -0.4 is 20.3 Å². The fraction of sp³-hybridized carbons (Fsp3) is 0.529. The molecule has 3 amide bonds. The lowest BCUT2D eigenvalue weighted by Crippen LogP contribution is -2.47. The summed E-state index contributed by atoms with van der Waals surface area (Å²) in [5.74, 6) is 0.591. The molecule has 0 unspecified atom stereocenters. The van der Waals surface area contributed by atoms with E-state index in [-0.39, 0.29) is 11.9 Å². The Morgan fingerprint density at radius 3 is 2.88 bits per heavy atom. The first-order valence-corrected chi connectivity index (χ1v) is 8.34. The van der Waals surface area contributed by atoms with Crippen LogP contribution >= 0.6 is 0 Å². The molecule has 0 spiro atoms. The number of anilines is 1. The number of likely N-dealkylation sites (tertiary alicyclic amines) is 1. The van der Waals surface area contributed by atoms with Crippen molar-refractivity contribution in [2.24, 2.45) is 0 Å². The highest BCUT2D eigenvalue weighted by molar-refractivity contribution is 6.00. The van der Waals surface area contributed by atoms with Gasteiger partial charge in [0.1, 0.15) is 5.75 Å². The number of carbonyl (C=O) groups excluding carboxylic acids is 2. The number of nitrogens with one attached hydrogen (secondary N) is 2. The van der Waals surface area contributed by atoms with Gasteiger partial charge in [-0.3, -0.25) is 9.69 Å². The second kappa shape index (κ2) is 7.09. The van der Waals surface area contributed by atoms with Crippen LogP contribution in [-0.2, 0) is 0 Å². The average Bonchev–Trinajstić information content (AvgIpc) is 3.06. The van der Waals surface area contributed by atoms with Gasteiger partial charge in [-0.05, 0) is 38.1 Å². The van der Waals surface area contributed by atoms with Gasteiger partial charge in [-0.2, -0.15) is 0 Å². The number of hydrogen-bond acceptors (Lipinski definition) is 4. The van der Waals surface area contributed by atoms with Crippen LogP contribution in [0.25, 0.3) is 0 Å². The summed E-state index contributed by atoms with van der Waals surface area (Å²) >= 11 is 0. The number of benzene rings is 1. The minimum Gasteiger partial charge on any atom is -0.495 e. The summed E-state index contributed by atoms with van der Waals surface area (Å²) in [6.07, 6.45) is 2.08. The molecule has 1 aromatic carbocycles. The smallest absolute Gasteiger partial charge is 0.322 e. The number of amides is 3. The summed E-state index contributed by atoms with van der Waals surface area (Å²) in [6.45, 7) is 2.64. The van der Waals surface area contributed by atoms with E-state index >= 15 is 0 Å². The van der Waals surface area contributed by atoms with Gasteiger partial charge in [0.15, 0.2) is 0 Å². The number of hydrogen-bond donors (Lipinski definition) is 2. The van der Waals surface area contributed by atoms with Crippen molar-refractivity contribution < 1.29 is 14.3 Å². The zero-order valence-electron chi connectivity index (χ0n) is 14.2. The number of nitrogens with zero attached hydrogens (tertiary/aromatic N) is 2. The molecular formula is C17H24N4O3. The molecule has 1 atom stereocenters. The number of ether oxygens (including phenoxy) is 1. The summed E-state index contributed by atoms with van der Waals surface area (Å²) < 4.78 is 5.36. The molecule has 0 aliphatic carbocycles. The fourth-order valence-electron chi connectivity index (χ4n) is 3.32. The summed E-state index contributed by atoms with van der Waals surface area (Å²) in [6, 6.07) is 5.46. The van der Waals surface area contributed by atoms with E-state index < -0.39 is 0 Å². The predicted molar refractivity (Wildman–Crippen MR) is 91.7 cm³/mol. The van der Waals surface area contributed by atoms with Crippen molar-refractivity contribution in [1.82, 2.24) is 15.5 Å². The van der Waals surface area contributed by atoms with Crippen LogP contribution in [0.3, 0.4) is 0 Å². The number of likely N-dealkylation sites (N-methyl/N-ethyl adjacent to an activating group) is 1. The van der Waals surface area contributed by atoms with Crippen LogP contribution in [0.2, 0.25) is 0 Å². The molecule has 24 heavy (non-hydrogen) atoms. The van der Waals surface area contributed by atoms with E-state index in [1.807, 2.05) is 11.9 Å². The van der Waals surface area contributed by atoms with Crippen LogP contribution in [0.15, 0.2) is 18.2 Å². The normalized spacial score (nSPS) is 20.9. The molecule has 2 aliphatic heterocycles. The van der Waals surface area contributed by atoms with E-state index in [1.54, 1.807) is 30.2 Å². The monoisotopic (exact) mass is 332 g/mol. The highest BCUT2D eigenvalue weighted by Gasteiger charge is 2.27. The highest BCUT2D eigenvalue weighted by atomic mass is 16.5. The molecule has 0 aromatic heterocycles. The van der Waals surface area contributed by atoms with Crippen molar-refractivity contribution >= 4 is 17.6 Å². The van der Waals surface area contributed by atoms with Gasteiger partial charge < -0.3 is 20.3 Å². The van der Waals surface area contributed by atoms with Crippen LogP contribution in [0.1, 0.15) is 23.2 Å². The molecule has 130 valence electrons. The molecule has 2 N–H and O–H groups in total. The van der Waals surface area contributed by atoms with E-state index in [1.165, 1.54) is 0 Å². The Balaban J connectivity index is 1.85. The zero-order chi connectivity index (χ0) is 17.1. The standard InChI is InChI=1S/C17H24N4O3/c1-18-13-4-3-8-20(11-13)16(22)12-5-6-15(24-2)14(10-12)21-9-7-19-17(21)23/h5-6,10,13,18H,3-4,7-9,11H2,1-2H3,(H,19,23)/t13-/m0/s1. The van der Waals surface area contributed by atoms with Crippen molar-refractivity contribution in [1.29, 1.82) is 0 Å². The van der Waals surface area contributed by atoms with Gasteiger partial charge in [-0.25, -0.2) is 4.79 Å². The van der Waals surface area contributed by atoms with Crippen molar-refractivity contribution in [3.8, 4) is 5.75 Å². The van der Waals surface area contributed by atoms with Crippen molar-refractivity contribution in [2.45, 2.75) is 18.9 Å². The Bertz CT molecular complexity index is 634. The van der Waals surface area contributed by atoms with Crippen molar-refractivity contribution in [3.05, 3.63) is 23.8 Å². The van der Waals surface area contributed by atoms with E-state index in [9.17, 15) is 9.59 Å². The lowest BCUT2D eigenvalue weighted by Gasteiger charge is -2.32. The van der Waals surface area contributed by atoms with Gasteiger partial charge in [-0.1, -0.05) is 0 Å². The highest BCUT2D eigenvalue weighted by Crippen LogP contribution is 2.31. The third-order valence-electron chi connectivity index (χ3n) is 4.69. The number of piperidine rings is 1. The summed E-state index contributed by atoms with van der Waals surface area (Å²) in [5, 5.41) is 6.02. The third kappa shape index (κ3) is 3.17. The summed E-state index contributed by atoms with van der Waals surface area (Å²) in [4.78, 5) is 28.3. The van der Waals surface area contributed by atoms with Crippen molar-refractivity contribution in [2.75, 3.05) is 45.2 Å². The maximum atomic E-state index is 12.8. The first kappa shape index (κ1) is 16.6. The lowest BCUT2D eigenvalue weighted by molar-refractivity contribution is 0.0698.